The maximum atomic E-state index is 11.2. The molecule has 0 saturated heterocycles. The Morgan fingerprint density at radius 2 is 2.00 bits per heavy atom. The van der Waals surface area contributed by atoms with Crippen LogP contribution < -0.4 is 5.73 Å². The molecule has 0 amide bonds. The van der Waals surface area contributed by atoms with E-state index < -0.39 is 12.0 Å². The van der Waals surface area contributed by atoms with E-state index in [1.54, 1.807) is 20.8 Å². The third-order valence-electron chi connectivity index (χ3n) is 1.42. The molecule has 0 aromatic heterocycles. The van der Waals surface area contributed by atoms with Gasteiger partial charge in [-0.05, 0) is 0 Å². The molecule has 0 heterocycles. The van der Waals surface area contributed by atoms with Crippen LogP contribution in [-0.2, 0) is 14.1 Å². The van der Waals surface area contributed by atoms with Gasteiger partial charge in [-0.1, -0.05) is 0 Å². The molecule has 0 radical (unpaired) electrons. The number of hydrogen-bond donors (Lipinski definition) is 1. The molecule has 0 aromatic carbocycles. The minimum absolute atomic E-state index is 0.185. The molecule has 74 valence electrons. The molecule has 4 nitrogen and oxygen atoms in total. The maximum absolute atomic E-state index is 11.2. The van der Waals surface area contributed by atoms with Crippen molar-refractivity contribution in [3.8, 4) is 5.63 Å². The summed E-state index contributed by atoms with van der Waals surface area (Å²) in [7, 11) is -0.241. The Balaban J connectivity index is 4.22. The first kappa shape index (κ1) is 12.4. The fraction of sp³-hybridized carbons (Fsp3) is 0.750. The van der Waals surface area contributed by atoms with Gasteiger partial charge < -0.3 is 0 Å². The van der Waals surface area contributed by atoms with E-state index in [2.05, 4.69) is 5.63 Å². The molecule has 0 aromatic rings. The van der Waals surface area contributed by atoms with Crippen LogP contribution in [0, 0.1) is 11.5 Å². The first-order chi connectivity index (χ1) is 5.99. The average molecular weight is 203 g/mol. The van der Waals surface area contributed by atoms with Crippen LogP contribution in [0.15, 0.2) is 0 Å². The van der Waals surface area contributed by atoms with Gasteiger partial charge in [0.1, 0.15) is 0 Å². The predicted molar refractivity (Wildman–Crippen MR) is 49.9 cm³/mol. The van der Waals surface area contributed by atoms with Gasteiger partial charge in [-0.15, -0.1) is 0 Å². The van der Waals surface area contributed by atoms with Crippen LogP contribution in [-0.4, -0.2) is 18.1 Å². The summed E-state index contributed by atoms with van der Waals surface area (Å²) in [4.78, 5) is 11.2. The van der Waals surface area contributed by atoms with Gasteiger partial charge >= 0.3 is 78.2 Å². The topological polar surface area (TPSA) is 69.4 Å². The summed E-state index contributed by atoms with van der Waals surface area (Å²) in [6.07, 6.45) is -0.185. The second kappa shape index (κ2) is 5.98. The van der Waals surface area contributed by atoms with Crippen LogP contribution >= 0.6 is 7.92 Å². The standard InChI is InChI=1S/C8H14NO3P/c1-5(2)12-8(10)7(9)6(3)4-13-11/h5-7H,9H2,1-3H3/t6?,7-/m0/s1. The monoisotopic (exact) mass is 203 g/mol. The van der Waals surface area contributed by atoms with Gasteiger partial charge in [0, 0.05) is 0 Å². The minimum atomic E-state index is -0.788. The van der Waals surface area contributed by atoms with Crippen LogP contribution in [0.4, 0.5) is 0 Å². The third-order valence-corrected chi connectivity index (χ3v) is 1.93. The molecular weight excluding hydrogens is 189 g/mol. The molecule has 2 atom stereocenters. The summed E-state index contributed by atoms with van der Waals surface area (Å²) >= 11 is 0. The first-order valence-electron chi connectivity index (χ1n) is 4.03. The molecule has 0 bridgehead atoms. The van der Waals surface area contributed by atoms with Crippen molar-refractivity contribution in [2.24, 2.45) is 11.7 Å². The van der Waals surface area contributed by atoms with Gasteiger partial charge in [0.25, 0.3) is 0 Å². The van der Waals surface area contributed by atoms with Crippen molar-refractivity contribution < 1.29 is 14.1 Å². The van der Waals surface area contributed by atoms with E-state index in [0.717, 1.165) is 0 Å². The van der Waals surface area contributed by atoms with E-state index in [0.29, 0.717) is 0 Å². The zero-order chi connectivity index (χ0) is 10.4. The third kappa shape index (κ3) is 4.89. The molecule has 0 spiro atoms. The van der Waals surface area contributed by atoms with Crippen LogP contribution in [0.3, 0.4) is 0 Å². The Hall–Kier alpha value is -0.560. The van der Waals surface area contributed by atoms with Crippen molar-refractivity contribution >= 4 is 13.9 Å². The number of carbonyl (C=O) groups excluding carboxylic acids is 1. The molecule has 0 fully saturated rings. The van der Waals surface area contributed by atoms with Gasteiger partial charge in [-0.3, -0.25) is 0 Å². The van der Waals surface area contributed by atoms with Gasteiger partial charge in [0.05, 0.1) is 0 Å². The predicted octanol–water partition coefficient (Wildman–Crippen LogP) is 1.15. The zero-order valence-electron chi connectivity index (χ0n) is 7.98. The molecule has 2 N–H and O–H groups in total. The van der Waals surface area contributed by atoms with Crippen LogP contribution in [0.1, 0.15) is 20.8 Å². The van der Waals surface area contributed by atoms with E-state index >= 15 is 0 Å². The number of esters is 1. The molecule has 0 aliphatic rings. The molecule has 0 aliphatic heterocycles. The van der Waals surface area contributed by atoms with Crippen LogP contribution in [0.25, 0.3) is 0 Å². The molecule has 0 rings (SSSR count). The van der Waals surface area contributed by atoms with Crippen molar-refractivity contribution in [3.63, 3.8) is 0 Å². The number of hydrogen-bond acceptors (Lipinski definition) is 4. The number of nitrogens with two attached hydrogens (primary N) is 1. The van der Waals surface area contributed by atoms with Gasteiger partial charge in [-0.2, -0.15) is 0 Å². The number of carbonyl (C=O) groups is 1. The van der Waals surface area contributed by atoms with Gasteiger partial charge in [0.15, 0.2) is 0 Å². The quantitative estimate of drug-likeness (QED) is 0.551. The normalized spacial score (nSPS) is 14.5. The van der Waals surface area contributed by atoms with Crippen molar-refractivity contribution in [2.45, 2.75) is 32.9 Å². The van der Waals surface area contributed by atoms with Crippen LogP contribution in [0.5, 0.6) is 0 Å². The Bertz CT molecular complexity index is 270. The van der Waals surface area contributed by atoms with E-state index in [-0.39, 0.29) is 19.9 Å². The summed E-state index contributed by atoms with van der Waals surface area (Å²) in [6, 6.07) is -0.788. The van der Waals surface area contributed by atoms with E-state index in [4.69, 9.17) is 10.5 Å². The Kier molecular flexibility index (Phi) is 5.72. The van der Waals surface area contributed by atoms with Gasteiger partial charge in [-0.25, -0.2) is 0 Å². The molecule has 0 saturated carbocycles. The van der Waals surface area contributed by atoms with Crippen molar-refractivity contribution in [2.75, 3.05) is 0 Å². The molecular formula is C8H14NO3P. The second-order valence-corrected chi connectivity index (χ2v) is 3.46. The molecule has 1 unspecified atom stereocenters. The zero-order valence-corrected chi connectivity index (χ0v) is 8.88. The van der Waals surface area contributed by atoms with Crippen molar-refractivity contribution in [1.29, 1.82) is 0 Å². The first-order valence-corrected chi connectivity index (χ1v) is 4.84. The Morgan fingerprint density at radius 3 is 2.38 bits per heavy atom. The SMILES string of the molecule is CC(C)OC(=O)[C@@H](N)C(C)C#P=O. The molecule has 0 aliphatic carbocycles. The van der Waals surface area contributed by atoms with Gasteiger partial charge in [0.2, 0.25) is 0 Å². The summed E-state index contributed by atoms with van der Waals surface area (Å²) in [5, 5.41) is 0. The van der Waals surface area contributed by atoms with E-state index in [9.17, 15) is 9.36 Å². The summed E-state index contributed by atoms with van der Waals surface area (Å²) in [5.74, 6) is -0.857. The Labute approximate surface area is 78.9 Å². The fourth-order valence-corrected chi connectivity index (χ4v) is 1.01. The van der Waals surface area contributed by atoms with E-state index in [1.807, 2.05) is 0 Å². The number of rotatable bonds is 3. The summed E-state index contributed by atoms with van der Waals surface area (Å²) < 4.78 is 15.0. The Morgan fingerprint density at radius 1 is 1.46 bits per heavy atom. The summed E-state index contributed by atoms with van der Waals surface area (Å²) in [6.45, 7) is 5.15. The van der Waals surface area contributed by atoms with E-state index in [1.165, 1.54) is 0 Å². The second-order valence-electron chi connectivity index (χ2n) is 3.02. The summed E-state index contributed by atoms with van der Waals surface area (Å²) in [5.41, 5.74) is 8.00. The fourth-order valence-electron chi connectivity index (χ4n) is 0.678. The molecule has 5 heteroatoms. The van der Waals surface area contributed by atoms with Crippen molar-refractivity contribution in [3.05, 3.63) is 0 Å². The average Bonchev–Trinajstić information content (AvgIpc) is 2.02. The molecule has 13 heavy (non-hydrogen) atoms. The van der Waals surface area contributed by atoms with Crippen molar-refractivity contribution in [1.82, 2.24) is 0 Å². The number of ether oxygens (including phenoxy) is 1. The van der Waals surface area contributed by atoms with Crippen LogP contribution in [0.2, 0.25) is 0 Å².